The van der Waals surface area contributed by atoms with Crippen molar-refractivity contribution >= 4 is 38.1 Å². The summed E-state index contributed by atoms with van der Waals surface area (Å²) in [6.45, 7) is 4.93. The molecule has 0 aliphatic carbocycles. The molecule has 1 rings (SSSR count). The fourth-order valence-corrected chi connectivity index (χ4v) is 2.04. The van der Waals surface area contributed by atoms with Crippen LogP contribution in [0.5, 0.6) is 0 Å². The summed E-state index contributed by atoms with van der Waals surface area (Å²) in [5.74, 6) is 0.102. The average Bonchev–Trinajstić information content (AvgIpc) is 2.20. The van der Waals surface area contributed by atoms with Gasteiger partial charge in [0.05, 0.1) is 11.8 Å². The number of carbonyl (C=O) groups is 1. The first-order valence-electron chi connectivity index (χ1n) is 5.34. The Morgan fingerprint density at radius 3 is 2.58 bits per heavy atom. The lowest BCUT2D eigenvalue weighted by molar-refractivity contribution is 0.121. The Kier molecular flexibility index (Phi) is 5.12. The van der Waals surface area contributed by atoms with Gasteiger partial charge in [0.25, 0.3) is 0 Å². The molecule has 0 saturated carbocycles. The zero-order valence-corrected chi connectivity index (χ0v) is 13.0. The highest BCUT2D eigenvalue weighted by Gasteiger charge is 2.17. The van der Waals surface area contributed by atoms with Gasteiger partial charge in [-0.3, -0.25) is 4.72 Å². The Hall–Kier alpha value is -1.35. The topological polar surface area (TPSA) is 97.4 Å². The predicted octanol–water partition coefficient (Wildman–Crippen LogP) is 1.94. The van der Waals surface area contributed by atoms with Gasteiger partial charge < -0.3 is 4.74 Å². The maximum absolute atomic E-state index is 11.6. The third kappa shape index (κ3) is 5.43. The lowest BCUT2D eigenvalue weighted by Crippen LogP contribution is -2.37. The largest absolute Gasteiger partial charge is 0.446 e. The van der Waals surface area contributed by atoms with E-state index in [-0.39, 0.29) is 5.82 Å². The van der Waals surface area contributed by atoms with Crippen LogP contribution in [-0.2, 0) is 14.9 Å². The zero-order chi connectivity index (χ0) is 14.6. The molecule has 0 spiro atoms. The minimum Gasteiger partial charge on any atom is -0.446 e. The molecule has 0 fully saturated rings. The lowest BCUT2D eigenvalue weighted by Gasteiger charge is -2.11. The third-order valence-electron chi connectivity index (χ3n) is 1.82. The molecule has 1 aromatic heterocycles. The van der Waals surface area contributed by atoms with E-state index in [1.807, 2.05) is 0 Å². The van der Waals surface area contributed by atoms with Gasteiger partial charge in [-0.1, -0.05) is 0 Å². The van der Waals surface area contributed by atoms with E-state index in [0.717, 1.165) is 4.47 Å². The van der Waals surface area contributed by atoms with Crippen LogP contribution in [0.15, 0.2) is 16.6 Å². The number of amides is 1. The van der Waals surface area contributed by atoms with Crippen molar-refractivity contribution in [3.8, 4) is 0 Å². The molecule has 1 heterocycles. The molecule has 106 valence electrons. The van der Waals surface area contributed by atoms with Crippen molar-refractivity contribution in [2.45, 2.75) is 26.9 Å². The summed E-state index contributed by atoms with van der Waals surface area (Å²) < 4.78 is 32.5. The third-order valence-corrected chi connectivity index (χ3v) is 3.57. The number of nitrogens with one attached hydrogen (secondary N) is 2. The van der Waals surface area contributed by atoms with Crippen LogP contribution in [0.1, 0.15) is 19.5 Å². The molecule has 2 N–H and O–H groups in total. The molecule has 1 aromatic rings. The molecular weight excluding hydrogens is 338 g/mol. The number of carbonyl (C=O) groups excluding carboxylic acids is 1. The van der Waals surface area contributed by atoms with E-state index in [2.05, 4.69) is 30.4 Å². The van der Waals surface area contributed by atoms with Crippen molar-refractivity contribution in [2.75, 3.05) is 4.72 Å². The first kappa shape index (κ1) is 15.7. The van der Waals surface area contributed by atoms with Crippen molar-refractivity contribution in [1.82, 2.24) is 9.71 Å². The van der Waals surface area contributed by atoms with Crippen LogP contribution in [0.4, 0.5) is 10.6 Å². The number of anilines is 1. The van der Waals surface area contributed by atoms with Gasteiger partial charge in [0.2, 0.25) is 0 Å². The fraction of sp³-hybridized carbons (Fsp3) is 0.400. The minimum atomic E-state index is -4.06. The van der Waals surface area contributed by atoms with Gasteiger partial charge in [-0.05, 0) is 48.8 Å². The van der Waals surface area contributed by atoms with Gasteiger partial charge in [0.1, 0.15) is 5.82 Å². The SMILES string of the molecule is Cc1nc(NS(=O)(=O)NC(=O)OC(C)C)ccc1Br. The summed E-state index contributed by atoms with van der Waals surface area (Å²) in [5, 5.41) is 0. The maximum Gasteiger partial charge on any atom is 0.422 e. The van der Waals surface area contributed by atoms with Crippen LogP contribution in [0.3, 0.4) is 0 Å². The molecule has 1 amide bonds. The normalized spacial score (nSPS) is 11.2. The molecule has 0 atom stereocenters. The quantitative estimate of drug-likeness (QED) is 0.863. The van der Waals surface area contributed by atoms with Crippen molar-refractivity contribution in [1.29, 1.82) is 0 Å². The molecule has 0 unspecified atom stereocenters. The van der Waals surface area contributed by atoms with E-state index in [1.54, 1.807) is 31.6 Å². The van der Waals surface area contributed by atoms with Gasteiger partial charge >= 0.3 is 16.3 Å². The van der Waals surface area contributed by atoms with Crippen LogP contribution >= 0.6 is 15.9 Å². The summed E-state index contributed by atoms with van der Waals surface area (Å²) in [6.07, 6.45) is -1.46. The molecule has 0 aromatic carbocycles. The summed E-state index contributed by atoms with van der Waals surface area (Å²) in [4.78, 5) is 15.2. The minimum absolute atomic E-state index is 0.102. The van der Waals surface area contributed by atoms with Crippen LogP contribution in [0, 0.1) is 6.92 Å². The molecule has 9 heteroatoms. The van der Waals surface area contributed by atoms with Crippen LogP contribution in [-0.4, -0.2) is 25.6 Å². The number of aryl methyl sites for hydroxylation is 1. The Labute approximate surface area is 120 Å². The van der Waals surface area contributed by atoms with Crippen LogP contribution < -0.4 is 9.44 Å². The highest BCUT2D eigenvalue weighted by molar-refractivity contribution is 9.10. The van der Waals surface area contributed by atoms with Gasteiger partial charge in [0.15, 0.2) is 0 Å². The summed E-state index contributed by atoms with van der Waals surface area (Å²) in [7, 11) is -4.06. The second kappa shape index (κ2) is 6.20. The first-order valence-corrected chi connectivity index (χ1v) is 7.61. The van der Waals surface area contributed by atoms with Gasteiger partial charge in [0, 0.05) is 4.47 Å². The van der Waals surface area contributed by atoms with Crippen molar-refractivity contribution in [2.24, 2.45) is 0 Å². The van der Waals surface area contributed by atoms with E-state index >= 15 is 0 Å². The number of halogens is 1. The second-order valence-corrected chi connectivity index (χ2v) is 6.19. The molecule has 0 radical (unpaired) electrons. The molecule has 0 aliphatic heterocycles. The smallest absolute Gasteiger partial charge is 0.422 e. The monoisotopic (exact) mass is 351 g/mol. The van der Waals surface area contributed by atoms with Gasteiger partial charge in [-0.15, -0.1) is 0 Å². The van der Waals surface area contributed by atoms with E-state index in [0.29, 0.717) is 5.69 Å². The van der Waals surface area contributed by atoms with E-state index < -0.39 is 22.4 Å². The molecule has 0 bridgehead atoms. The van der Waals surface area contributed by atoms with E-state index in [4.69, 9.17) is 0 Å². The fourth-order valence-electron chi connectivity index (χ4n) is 1.11. The highest BCUT2D eigenvalue weighted by atomic mass is 79.9. The molecule has 7 nitrogen and oxygen atoms in total. The van der Waals surface area contributed by atoms with E-state index in [9.17, 15) is 13.2 Å². The molecular formula is C10H14BrN3O4S. The Morgan fingerprint density at radius 2 is 2.05 bits per heavy atom. The Balaban J connectivity index is 2.74. The zero-order valence-electron chi connectivity index (χ0n) is 10.6. The number of nitrogens with zero attached hydrogens (tertiary/aromatic N) is 1. The van der Waals surface area contributed by atoms with Crippen molar-refractivity contribution < 1.29 is 17.9 Å². The summed E-state index contributed by atoms with van der Waals surface area (Å²) in [5.41, 5.74) is 0.616. The molecule has 19 heavy (non-hydrogen) atoms. The van der Waals surface area contributed by atoms with Crippen LogP contribution in [0.2, 0.25) is 0 Å². The highest BCUT2D eigenvalue weighted by Crippen LogP contribution is 2.16. The first-order chi connectivity index (χ1) is 8.69. The number of hydrogen-bond donors (Lipinski definition) is 2. The number of aromatic nitrogens is 1. The van der Waals surface area contributed by atoms with Gasteiger partial charge in [-0.2, -0.15) is 8.42 Å². The van der Waals surface area contributed by atoms with Gasteiger partial charge in [-0.25, -0.2) is 14.5 Å². The summed E-state index contributed by atoms with van der Waals surface area (Å²) in [6, 6.07) is 3.11. The molecule has 0 saturated heterocycles. The van der Waals surface area contributed by atoms with Crippen LogP contribution in [0.25, 0.3) is 0 Å². The number of pyridine rings is 1. The second-order valence-electron chi connectivity index (χ2n) is 3.93. The predicted molar refractivity (Wildman–Crippen MR) is 74.0 cm³/mol. The average molecular weight is 352 g/mol. The Morgan fingerprint density at radius 1 is 1.42 bits per heavy atom. The van der Waals surface area contributed by atoms with E-state index in [1.165, 1.54) is 6.07 Å². The maximum atomic E-state index is 11.6. The number of ether oxygens (including phenoxy) is 1. The van der Waals surface area contributed by atoms with Crippen molar-refractivity contribution in [3.05, 3.63) is 22.3 Å². The molecule has 0 aliphatic rings. The number of rotatable bonds is 4. The standard InChI is InChI=1S/C10H14BrN3O4S/c1-6(2)18-10(15)14-19(16,17)13-9-5-4-8(11)7(3)12-9/h4-6H,1-3H3,(H,12,13)(H,14,15). The number of hydrogen-bond acceptors (Lipinski definition) is 5. The summed E-state index contributed by atoms with van der Waals surface area (Å²) >= 11 is 3.25. The Bertz CT molecular complexity index is 574. The lowest BCUT2D eigenvalue weighted by atomic mass is 10.4. The van der Waals surface area contributed by atoms with Crippen molar-refractivity contribution in [3.63, 3.8) is 0 Å².